The fraction of sp³-hybridized carbons (Fsp3) is 0.250. The highest BCUT2D eigenvalue weighted by molar-refractivity contribution is 6.13. The van der Waals surface area contributed by atoms with Crippen molar-refractivity contribution >= 4 is 27.7 Å². The van der Waals surface area contributed by atoms with Crippen LogP contribution in [0.5, 0.6) is 11.5 Å². The molecule has 1 saturated heterocycles. The molecule has 1 fully saturated rings. The molecule has 158 valence electrons. The summed E-state index contributed by atoms with van der Waals surface area (Å²) >= 11 is 0. The van der Waals surface area contributed by atoms with Crippen molar-refractivity contribution in [3.8, 4) is 22.8 Å². The lowest BCUT2D eigenvalue weighted by Crippen LogP contribution is -2.32. The predicted octanol–water partition coefficient (Wildman–Crippen LogP) is 4.01. The number of carbonyl (C=O) groups excluding carboxylic acids is 1. The van der Waals surface area contributed by atoms with E-state index in [0.717, 1.165) is 46.8 Å². The predicted molar refractivity (Wildman–Crippen MR) is 119 cm³/mol. The van der Waals surface area contributed by atoms with Crippen LogP contribution in [0.1, 0.15) is 23.3 Å². The second-order valence-electron chi connectivity index (χ2n) is 7.68. The third-order valence-electron chi connectivity index (χ3n) is 5.70. The molecule has 0 radical (unpaired) electrons. The zero-order valence-electron chi connectivity index (χ0n) is 17.1. The minimum atomic E-state index is -0.241. The van der Waals surface area contributed by atoms with E-state index in [2.05, 4.69) is 10.3 Å². The Labute approximate surface area is 179 Å². The fourth-order valence-corrected chi connectivity index (χ4v) is 4.10. The highest BCUT2D eigenvalue weighted by Gasteiger charge is 2.20. The van der Waals surface area contributed by atoms with Gasteiger partial charge in [-0.15, -0.1) is 0 Å². The number of H-pyrrole nitrogens is 1. The smallest absolute Gasteiger partial charge is 0.270 e. The minimum absolute atomic E-state index is 0.0459. The molecule has 3 heterocycles. The molecule has 7 nitrogen and oxygen atoms in total. The zero-order chi connectivity index (χ0) is 21.4. The van der Waals surface area contributed by atoms with Crippen LogP contribution >= 0.6 is 0 Å². The van der Waals surface area contributed by atoms with Gasteiger partial charge in [0.2, 0.25) is 0 Å². The number of hydrogen-bond acceptors (Lipinski definition) is 5. The van der Waals surface area contributed by atoms with Crippen molar-refractivity contribution in [2.24, 2.45) is 0 Å². The molecule has 4 aromatic rings. The maximum absolute atomic E-state index is 13.0. The number of ether oxygens (including phenoxy) is 2. The molecule has 0 saturated carbocycles. The summed E-state index contributed by atoms with van der Waals surface area (Å²) in [6.07, 6.45) is 2.03. The molecule has 1 aliphatic heterocycles. The van der Waals surface area contributed by atoms with Crippen molar-refractivity contribution in [1.82, 2.24) is 15.3 Å². The zero-order valence-corrected chi connectivity index (χ0v) is 17.1. The fourth-order valence-electron chi connectivity index (χ4n) is 4.10. The second-order valence-corrected chi connectivity index (χ2v) is 7.68. The maximum Gasteiger partial charge on any atom is 0.270 e. The molecule has 0 aliphatic carbocycles. The number of nitrogens with one attached hydrogen (secondary N) is 2. The van der Waals surface area contributed by atoms with E-state index in [1.807, 2.05) is 30.3 Å². The van der Waals surface area contributed by atoms with Crippen LogP contribution < -0.4 is 10.1 Å². The summed E-state index contributed by atoms with van der Waals surface area (Å²) in [6.45, 7) is 1.21. The molecular formula is C24H23N3O4. The summed E-state index contributed by atoms with van der Waals surface area (Å²) in [4.78, 5) is 21.1. The van der Waals surface area contributed by atoms with Crippen molar-refractivity contribution in [3.05, 3.63) is 54.2 Å². The van der Waals surface area contributed by atoms with Crippen LogP contribution in [0, 0.1) is 0 Å². The van der Waals surface area contributed by atoms with Crippen molar-refractivity contribution in [2.45, 2.75) is 18.9 Å². The lowest BCUT2D eigenvalue weighted by molar-refractivity contribution is 0.0854. The SMILES string of the molecule is COc1cc(-c2nc(C(=O)NCC3CCCO3)cc3c2[nH]c2ccccc23)ccc1O. The van der Waals surface area contributed by atoms with Gasteiger partial charge in [-0.2, -0.15) is 0 Å². The number of rotatable bonds is 5. The molecule has 0 spiro atoms. The number of nitrogens with zero attached hydrogens (tertiary/aromatic N) is 1. The summed E-state index contributed by atoms with van der Waals surface area (Å²) < 4.78 is 10.9. The quantitative estimate of drug-likeness (QED) is 0.456. The normalized spacial score (nSPS) is 16.1. The van der Waals surface area contributed by atoms with Gasteiger partial charge in [0.25, 0.3) is 5.91 Å². The highest BCUT2D eigenvalue weighted by atomic mass is 16.5. The van der Waals surface area contributed by atoms with E-state index in [9.17, 15) is 9.90 Å². The summed E-state index contributed by atoms with van der Waals surface area (Å²) in [5.41, 5.74) is 3.47. The third-order valence-corrected chi connectivity index (χ3v) is 5.70. The molecule has 1 amide bonds. The van der Waals surface area contributed by atoms with Gasteiger partial charge in [0.1, 0.15) is 5.69 Å². The number of fused-ring (bicyclic) bond motifs is 3. The van der Waals surface area contributed by atoms with E-state index in [1.165, 1.54) is 7.11 Å². The molecule has 1 atom stereocenters. The first kappa shape index (κ1) is 19.4. The first-order valence-electron chi connectivity index (χ1n) is 10.3. The van der Waals surface area contributed by atoms with Crippen LogP contribution in [-0.4, -0.2) is 47.3 Å². The number of phenols is 1. The Morgan fingerprint density at radius 3 is 2.94 bits per heavy atom. The van der Waals surface area contributed by atoms with E-state index in [1.54, 1.807) is 18.2 Å². The van der Waals surface area contributed by atoms with E-state index in [-0.39, 0.29) is 17.8 Å². The molecule has 1 aliphatic rings. The molecule has 0 bridgehead atoms. The largest absolute Gasteiger partial charge is 0.504 e. The molecule has 1 unspecified atom stereocenters. The molecule has 2 aromatic carbocycles. The monoisotopic (exact) mass is 417 g/mol. The molecule has 7 heteroatoms. The van der Waals surface area contributed by atoms with Gasteiger partial charge >= 0.3 is 0 Å². The molecule has 2 aromatic heterocycles. The van der Waals surface area contributed by atoms with Gasteiger partial charge in [0.05, 0.1) is 24.4 Å². The summed E-state index contributed by atoms with van der Waals surface area (Å²) in [5, 5.41) is 14.9. The number of hydrogen-bond donors (Lipinski definition) is 3. The number of methoxy groups -OCH3 is 1. The average Bonchev–Trinajstić information content (AvgIpc) is 3.45. The van der Waals surface area contributed by atoms with Crippen LogP contribution in [-0.2, 0) is 4.74 Å². The van der Waals surface area contributed by atoms with Gasteiger partial charge in [0.15, 0.2) is 11.5 Å². The van der Waals surface area contributed by atoms with Crippen LogP contribution in [0.4, 0.5) is 0 Å². The van der Waals surface area contributed by atoms with Crippen molar-refractivity contribution in [3.63, 3.8) is 0 Å². The van der Waals surface area contributed by atoms with Gasteiger partial charge in [-0.3, -0.25) is 4.79 Å². The van der Waals surface area contributed by atoms with Gasteiger partial charge in [0, 0.05) is 35.0 Å². The van der Waals surface area contributed by atoms with E-state index >= 15 is 0 Å². The Balaban J connectivity index is 1.63. The lowest BCUT2D eigenvalue weighted by atomic mass is 10.1. The Hall–Kier alpha value is -3.58. The van der Waals surface area contributed by atoms with Crippen LogP contribution in [0.3, 0.4) is 0 Å². The van der Waals surface area contributed by atoms with Gasteiger partial charge in [-0.05, 0) is 43.2 Å². The molecular weight excluding hydrogens is 394 g/mol. The number of para-hydroxylation sites is 1. The molecule has 5 rings (SSSR count). The molecule has 31 heavy (non-hydrogen) atoms. The Morgan fingerprint density at radius 2 is 2.13 bits per heavy atom. The van der Waals surface area contributed by atoms with E-state index in [4.69, 9.17) is 14.5 Å². The Morgan fingerprint density at radius 1 is 1.26 bits per heavy atom. The standard InChI is InChI=1S/C24H23N3O4/c1-30-21-11-14(8-9-20(21)28)22-23-17(16-6-2-3-7-18(16)26-23)12-19(27-22)24(29)25-13-15-5-4-10-31-15/h2-3,6-9,11-12,15,26,28H,4-5,10,13H2,1H3,(H,25,29). The Bertz CT molecular complexity index is 1270. The molecule has 3 N–H and O–H groups in total. The minimum Gasteiger partial charge on any atom is -0.504 e. The Kier molecular flexibility index (Phi) is 4.95. The summed E-state index contributed by atoms with van der Waals surface area (Å²) in [5.74, 6) is 0.149. The topological polar surface area (TPSA) is 96.5 Å². The van der Waals surface area contributed by atoms with Gasteiger partial charge in [-0.25, -0.2) is 4.98 Å². The van der Waals surface area contributed by atoms with Crippen molar-refractivity contribution < 1.29 is 19.4 Å². The van der Waals surface area contributed by atoms with Gasteiger partial charge in [-0.1, -0.05) is 18.2 Å². The number of amides is 1. The maximum atomic E-state index is 13.0. The van der Waals surface area contributed by atoms with E-state index < -0.39 is 0 Å². The highest BCUT2D eigenvalue weighted by Crippen LogP contribution is 2.36. The first-order valence-corrected chi connectivity index (χ1v) is 10.3. The van der Waals surface area contributed by atoms with Crippen molar-refractivity contribution in [1.29, 1.82) is 0 Å². The number of pyridine rings is 1. The number of aromatic nitrogens is 2. The number of benzene rings is 2. The van der Waals surface area contributed by atoms with Crippen LogP contribution in [0.25, 0.3) is 33.1 Å². The number of aromatic amines is 1. The number of carbonyl (C=O) groups is 1. The van der Waals surface area contributed by atoms with Gasteiger partial charge < -0.3 is 24.9 Å². The third kappa shape index (κ3) is 3.57. The van der Waals surface area contributed by atoms with Crippen molar-refractivity contribution in [2.75, 3.05) is 20.3 Å². The second kappa shape index (κ2) is 7.92. The first-order chi connectivity index (χ1) is 15.1. The number of aromatic hydroxyl groups is 1. The lowest BCUT2D eigenvalue weighted by Gasteiger charge is -2.12. The summed E-state index contributed by atoms with van der Waals surface area (Å²) in [7, 11) is 1.50. The number of phenolic OH excluding ortho intramolecular Hbond substituents is 1. The summed E-state index contributed by atoms with van der Waals surface area (Å²) in [6, 6.07) is 14.8. The van der Waals surface area contributed by atoms with Crippen LogP contribution in [0.15, 0.2) is 48.5 Å². The van der Waals surface area contributed by atoms with E-state index in [0.29, 0.717) is 23.7 Å². The average molecular weight is 417 g/mol. The van der Waals surface area contributed by atoms with Crippen LogP contribution in [0.2, 0.25) is 0 Å².